The lowest BCUT2D eigenvalue weighted by Gasteiger charge is -2.05. The van der Waals surface area contributed by atoms with Crippen LogP contribution < -0.4 is 0 Å². The highest BCUT2D eigenvalue weighted by atomic mass is 16.5. The summed E-state index contributed by atoms with van der Waals surface area (Å²) in [5, 5.41) is 9.13. The molecule has 0 amide bonds. The predicted molar refractivity (Wildman–Crippen MR) is 105 cm³/mol. The van der Waals surface area contributed by atoms with Crippen LogP contribution in [0.3, 0.4) is 0 Å². The van der Waals surface area contributed by atoms with E-state index in [1.807, 2.05) is 6.07 Å². The molecule has 2 saturated carbocycles. The molecule has 4 aliphatic rings. The summed E-state index contributed by atoms with van der Waals surface area (Å²) in [4.78, 5) is 29.9. The monoisotopic (exact) mass is 394 g/mol. The van der Waals surface area contributed by atoms with Crippen molar-refractivity contribution >= 4 is 11.9 Å². The number of aromatic nitrogens is 2. The van der Waals surface area contributed by atoms with E-state index in [0.717, 1.165) is 42.4 Å². The highest BCUT2D eigenvalue weighted by molar-refractivity contribution is 5.88. The van der Waals surface area contributed by atoms with Gasteiger partial charge in [-0.05, 0) is 84.5 Å². The lowest BCUT2D eigenvalue weighted by atomic mass is 10.1. The first kappa shape index (κ1) is 17.4. The quantitative estimate of drug-likeness (QED) is 0.622. The van der Waals surface area contributed by atoms with E-state index in [1.54, 1.807) is 6.07 Å². The molecule has 6 heteroatoms. The van der Waals surface area contributed by atoms with Gasteiger partial charge >= 0.3 is 11.9 Å². The molecule has 3 N–H and O–H groups in total. The fourth-order valence-corrected chi connectivity index (χ4v) is 6.51. The number of aromatic amines is 2. The van der Waals surface area contributed by atoms with Crippen LogP contribution in [-0.4, -0.2) is 33.6 Å². The Kier molecular flexibility index (Phi) is 3.59. The van der Waals surface area contributed by atoms with Crippen LogP contribution in [0.15, 0.2) is 12.1 Å². The van der Waals surface area contributed by atoms with E-state index >= 15 is 0 Å². The average Bonchev–Trinajstić information content (AvgIpc) is 3.19. The van der Waals surface area contributed by atoms with Crippen molar-refractivity contribution in [3.63, 3.8) is 0 Å². The molecule has 0 unspecified atom stereocenters. The number of carbonyl (C=O) groups excluding carboxylic acids is 1. The third-order valence-corrected chi connectivity index (χ3v) is 7.89. The lowest BCUT2D eigenvalue weighted by molar-refractivity contribution is 0.0485. The van der Waals surface area contributed by atoms with E-state index in [0.29, 0.717) is 36.0 Å². The number of esters is 1. The number of carboxylic acid groups (broad SMARTS) is 1. The number of hydrogen-bond donors (Lipinski definition) is 3. The van der Waals surface area contributed by atoms with Crippen LogP contribution in [0.5, 0.6) is 0 Å². The van der Waals surface area contributed by atoms with Crippen LogP contribution in [-0.2, 0) is 17.6 Å². The molecule has 0 radical (unpaired) electrons. The summed E-state index contributed by atoms with van der Waals surface area (Å²) in [5.74, 6) is 2.66. The molecule has 2 aromatic rings. The van der Waals surface area contributed by atoms with Gasteiger partial charge in [0, 0.05) is 11.4 Å². The Morgan fingerprint density at radius 2 is 1.59 bits per heavy atom. The van der Waals surface area contributed by atoms with Crippen molar-refractivity contribution in [1.29, 1.82) is 0 Å². The second kappa shape index (κ2) is 6.00. The molecule has 6 rings (SSSR count). The maximum absolute atomic E-state index is 12.5. The Bertz CT molecular complexity index is 1020. The number of ether oxygens (including phenoxy) is 1. The van der Waals surface area contributed by atoms with E-state index in [4.69, 9.17) is 9.84 Å². The molecule has 0 bridgehead atoms. The summed E-state index contributed by atoms with van der Waals surface area (Å²) >= 11 is 0. The zero-order valence-electron chi connectivity index (χ0n) is 16.5. The molecule has 4 aliphatic carbocycles. The van der Waals surface area contributed by atoms with Gasteiger partial charge in [0.15, 0.2) is 0 Å². The molecule has 0 saturated heterocycles. The van der Waals surface area contributed by atoms with Crippen molar-refractivity contribution in [1.82, 2.24) is 9.97 Å². The van der Waals surface area contributed by atoms with E-state index in [9.17, 15) is 9.59 Å². The Balaban J connectivity index is 1.03. The molecule has 6 nitrogen and oxygen atoms in total. The second-order valence-electron chi connectivity index (χ2n) is 9.37. The minimum atomic E-state index is -0.904. The molecule has 2 fully saturated rings. The van der Waals surface area contributed by atoms with Gasteiger partial charge in [0.25, 0.3) is 0 Å². The van der Waals surface area contributed by atoms with Gasteiger partial charge in [0.2, 0.25) is 0 Å². The Morgan fingerprint density at radius 3 is 2.21 bits per heavy atom. The number of hydrogen-bond acceptors (Lipinski definition) is 3. The molecule has 6 atom stereocenters. The number of H-pyrrole nitrogens is 2. The van der Waals surface area contributed by atoms with Gasteiger partial charge in [-0.15, -0.1) is 0 Å². The zero-order valence-corrected chi connectivity index (χ0v) is 16.5. The van der Waals surface area contributed by atoms with Gasteiger partial charge in [-0.25, -0.2) is 9.59 Å². The van der Waals surface area contributed by atoms with Gasteiger partial charge in [-0.3, -0.25) is 0 Å². The Morgan fingerprint density at radius 1 is 1.00 bits per heavy atom. The maximum atomic E-state index is 12.5. The van der Waals surface area contributed by atoms with Crippen molar-refractivity contribution in [3.05, 3.63) is 46.0 Å². The van der Waals surface area contributed by atoms with Crippen LogP contribution in [0, 0.1) is 23.7 Å². The summed E-state index contributed by atoms with van der Waals surface area (Å²) in [6.07, 6.45) is 5.37. The molecular formula is C23H26N2O4. The summed E-state index contributed by atoms with van der Waals surface area (Å²) in [7, 11) is 0. The van der Waals surface area contributed by atoms with Gasteiger partial charge in [0.05, 0.1) is 6.61 Å². The van der Waals surface area contributed by atoms with Crippen LogP contribution in [0.25, 0.3) is 0 Å². The first-order valence-corrected chi connectivity index (χ1v) is 10.9. The molecular weight excluding hydrogens is 368 g/mol. The number of nitrogens with one attached hydrogen (secondary N) is 2. The lowest BCUT2D eigenvalue weighted by Crippen LogP contribution is -2.08. The SMILES string of the molecule is CCC[C@@H]1[C@H]2Cc3[nH]c(C(=O)OCC[C@H]4[C@H]5Cc6[nH]c(C(=O)O)cc6[C@H]54)cc3[C@@H]12. The van der Waals surface area contributed by atoms with Crippen LogP contribution in [0.1, 0.15) is 81.5 Å². The number of carbonyl (C=O) groups is 2. The van der Waals surface area contributed by atoms with Crippen LogP contribution in [0.2, 0.25) is 0 Å². The van der Waals surface area contributed by atoms with Crippen molar-refractivity contribution in [2.24, 2.45) is 23.7 Å². The molecule has 0 spiro atoms. The minimum absolute atomic E-state index is 0.245. The first-order chi connectivity index (χ1) is 14.1. The largest absolute Gasteiger partial charge is 0.477 e. The highest BCUT2D eigenvalue weighted by Gasteiger charge is 2.56. The van der Waals surface area contributed by atoms with Crippen molar-refractivity contribution < 1.29 is 19.4 Å². The summed E-state index contributed by atoms with van der Waals surface area (Å²) < 4.78 is 5.56. The molecule has 2 heterocycles. The standard InChI is InChI=1S/C23H26N2O4/c1-2-3-10-12-6-17-15(20(10)12)9-19(25-17)23(28)29-5-4-11-13-7-16-14(21(11)13)8-18(24-16)22(26)27/h8-13,20-21,24-25H,2-7H2,1H3,(H,26,27)/t10-,11+,12-,13-,20+,21+/m1/s1. The molecule has 0 aliphatic heterocycles. The second-order valence-corrected chi connectivity index (χ2v) is 9.37. The number of aromatic carboxylic acids is 1. The molecule has 2 aromatic heterocycles. The fourth-order valence-electron chi connectivity index (χ4n) is 6.51. The number of carboxylic acids is 1. The van der Waals surface area contributed by atoms with E-state index in [1.165, 1.54) is 24.1 Å². The highest BCUT2D eigenvalue weighted by Crippen LogP contribution is 2.64. The zero-order chi connectivity index (χ0) is 19.9. The molecule has 29 heavy (non-hydrogen) atoms. The maximum Gasteiger partial charge on any atom is 0.354 e. The molecule has 0 aromatic carbocycles. The van der Waals surface area contributed by atoms with E-state index < -0.39 is 5.97 Å². The van der Waals surface area contributed by atoms with Gasteiger partial charge in [-0.2, -0.15) is 0 Å². The summed E-state index contributed by atoms with van der Waals surface area (Å²) in [6.45, 7) is 2.67. The smallest absolute Gasteiger partial charge is 0.354 e. The normalized spacial score (nSPS) is 32.3. The third-order valence-electron chi connectivity index (χ3n) is 7.89. The number of fused-ring (bicyclic) bond motifs is 6. The minimum Gasteiger partial charge on any atom is -0.477 e. The van der Waals surface area contributed by atoms with Crippen molar-refractivity contribution in [2.45, 2.75) is 50.9 Å². The Labute approximate surface area is 169 Å². The van der Waals surface area contributed by atoms with Crippen molar-refractivity contribution in [2.75, 3.05) is 6.61 Å². The topological polar surface area (TPSA) is 95.2 Å². The van der Waals surface area contributed by atoms with E-state index in [2.05, 4.69) is 16.9 Å². The van der Waals surface area contributed by atoms with Crippen molar-refractivity contribution in [3.8, 4) is 0 Å². The number of rotatable bonds is 7. The summed E-state index contributed by atoms with van der Waals surface area (Å²) in [5.41, 5.74) is 5.71. The third kappa shape index (κ3) is 2.54. The van der Waals surface area contributed by atoms with Crippen LogP contribution in [0.4, 0.5) is 0 Å². The summed E-state index contributed by atoms with van der Waals surface area (Å²) in [6, 6.07) is 3.81. The molecule has 152 valence electrons. The van der Waals surface area contributed by atoms with Gasteiger partial charge in [-0.1, -0.05) is 13.3 Å². The fraction of sp³-hybridized carbons (Fsp3) is 0.565. The average molecular weight is 394 g/mol. The Hall–Kier alpha value is -2.50. The van der Waals surface area contributed by atoms with Gasteiger partial charge in [0.1, 0.15) is 11.4 Å². The van der Waals surface area contributed by atoms with Crippen LogP contribution >= 0.6 is 0 Å². The predicted octanol–water partition coefficient (Wildman–Crippen LogP) is 3.86. The van der Waals surface area contributed by atoms with E-state index in [-0.39, 0.29) is 11.7 Å². The first-order valence-electron chi connectivity index (χ1n) is 10.9. The van der Waals surface area contributed by atoms with Gasteiger partial charge < -0.3 is 19.8 Å².